The van der Waals surface area contributed by atoms with E-state index in [9.17, 15) is 4.39 Å². The second kappa shape index (κ2) is 7.58. The maximum Gasteiger partial charge on any atom is 0.141 e. The van der Waals surface area contributed by atoms with Gasteiger partial charge in [0.05, 0.1) is 6.20 Å². The standard InChI is InChI=1S/C16H26FN3/c1-3-9-18-11-13-10-14(17)12-19-16(13)20(2)15-7-5-4-6-8-15/h10,12,15,18H,3-9,11H2,1-2H3. The highest BCUT2D eigenvalue weighted by atomic mass is 19.1. The van der Waals surface area contributed by atoms with Gasteiger partial charge in [-0.25, -0.2) is 9.37 Å². The van der Waals surface area contributed by atoms with Crippen LogP contribution in [0.25, 0.3) is 0 Å². The molecule has 1 aliphatic rings. The Morgan fingerprint density at radius 1 is 1.35 bits per heavy atom. The second-order valence-electron chi connectivity index (χ2n) is 5.72. The van der Waals surface area contributed by atoms with Crippen LogP contribution in [0.15, 0.2) is 12.3 Å². The fourth-order valence-electron chi connectivity index (χ4n) is 2.96. The van der Waals surface area contributed by atoms with Crippen molar-refractivity contribution in [2.75, 3.05) is 18.5 Å². The molecule has 0 spiro atoms. The van der Waals surface area contributed by atoms with Crippen molar-refractivity contribution in [3.05, 3.63) is 23.6 Å². The average molecular weight is 279 g/mol. The van der Waals surface area contributed by atoms with Crippen molar-refractivity contribution in [1.29, 1.82) is 0 Å². The normalized spacial score (nSPS) is 16.4. The SMILES string of the molecule is CCCNCc1cc(F)cnc1N(C)C1CCCCC1. The largest absolute Gasteiger partial charge is 0.356 e. The Labute approximate surface area is 121 Å². The van der Waals surface area contributed by atoms with Crippen LogP contribution in [0.4, 0.5) is 10.2 Å². The third-order valence-corrected chi connectivity index (χ3v) is 4.11. The van der Waals surface area contributed by atoms with E-state index in [1.54, 1.807) is 6.07 Å². The van der Waals surface area contributed by atoms with Gasteiger partial charge in [-0.15, -0.1) is 0 Å². The van der Waals surface area contributed by atoms with Crippen molar-refractivity contribution < 1.29 is 4.39 Å². The number of halogens is 1. The van der Waals surface area contributed by atoms with Crippen LogP contribution < -0.4 is 10.2 Å². The van der Waals surface area contributed by atoms with Crippen molar-refractivity contribution in [3.8, 4) is 0 Å². The van der Waals surface area contributed by atoms with Gasteiger partial charge in [-0.1, -0.05) is 26.2 Å². The van der Waals surface area contributed by atoms with Crippen molar-refractivity contribution in [3.63, 3.8) is 0 Å². The molecule has 1 fully saturated rings. The van der Waals surface area contributed by atoms with Crippen molar-refractivity contribution in [2.24, 2.45) is 0 Å². The third-order valence-electron chi connectivity index (χ3n) is 4.11. The molecule has 4 heteroatoms. The minimum Gasteiger partial charge on any atom is -0.356 e. The van der Waals surface area contributed by atoms with Crippen molar-refractivity contribution >= 4 is 5.82 Å². The van der Waals surface area contributed by atoms with Crippen molar-refractivity contribution in [2.45, 2.75) is 58.0 Å². The summed E-state index contributed by atoms with van der Waals surface area (Å²) >= 11 is 0. The van der Waals surface area contributed by atoms with Crippen LogP contribution in [0.2, 0.25) is 0 Å². The van der Waals surface area contributed by atoms with E-state index in [1.165, 1.54) is 38.3 Å². The summed E-state index contributed by atoms with van der Waals surface area (Å²) in [6.07, 6.45) is 8.77. The smallest absolute Gasteiger partial charge is 0.141 e. The molecule has 1 saturated carbocycles. The van der Waals surface area contributed by atoms with Gasteiger partial charge in [0.2, 0.25) is 0 Å². The fraction of sp³-hybridized carbons (Fsp3) is 0.688. The molecule has 20 heavy (non-hydrogen) atoms. The molecule has 0 amide bonds. The lowest BCUT2D eigenvalue weighted by Gasteiger charge is -2.33. The predicted molar refractivity (Wildman–Crippen MR) is 81.5 cm³/mol. The maximum absolute atomic E-state index is 13.5. The predicted octanol–water partition coefficient (Wildman–Crippen LogP) is 3.49. The summed E-state index contributed by atoms with van der Waals surface area (Å²) < 4.78 is 13.5. The molecule has 1 aromatic rings. The Kier molecular flexibility index (Phi) is 5.77. The van der Waals surface area contributed by atoms with E-state index in [0.717, 1.165) is 24.3 Å². The summed E-state index contributed by atoms with van der Waals surface area (Å²) in [6, 6.07) is 2.16. The number of aromatic nitrogens is 1. The van der Waals surface area contributed by atoms with Crippen LogP contribution in [0.1, 0.15) is 51.0 Å². The number of anilines is 1. The van der Waals surface area contributed by atoms with E-state index in [2.05, 4.69) is 29.2 Å². The average Bonchev–Trinajstić information content (AvgIpc) is 2.48. The monoisotopic (exact) mass is 279 g/mol. The Hall–Kier alpha value is -1.16. The minimum atomic E-state index is -0.251. The Morgan fingerprint density at radius 3 is 2.80 bits per heavy atom. The molecular formula is C16H26FN3. The van der Waals surface area contributed by atoms with Crippen LogP contribution in [-0.2, 0) is 6.54 Å². The van der Waals surface area contributed by atoms with Gasteiger partial charge in [-0.3, -0.25) is 0 Å². The molecule has 0 aromatic carbocycles. The summed E-state index contributed by atoms with van der Waals surface area (Å²) in [4.78, 5) is 6.59. The lowest BCUT2D eigenvalue weighted by Crippen LogP contribution is -2.35. The molecule has 0 saturated heterocycles. The number of hydrogen-bond acceptors (Lipinski definition) is 3. The van der Waals surface area contributed by atoms with Gasteiger partial charge < -0.3 is 10.2 Å². The topological polar surface area (TPSA) is 28.2 Å². The molecule has 112 valence electrons. The maximum atomic E-state index is 13.5. The van der Waals surface area contributed by atoms with E-state index >= 15 is 0 Å². The molecule has 1 aromatic heterocycles. The molecule has 0 radical (unpaired) electrons. The number of nitrogens with one attached hydrogen (secondary N) is 1. The molecule has 1 heterocycles. The summed E-state index contributed by atoms with van der Waals surface area (Å²) in [6.45, 7) is 3.76. The third kappa shape index (κ3) is 3.92. The highest BCUT2D eigenvalue weighted by Crippen LogP contribution is 2.27. The molecule has 2 rings (SSSR count). The van der Waals surface area contributed by atoms with E-state index in [4.69, 9.17) is 0 Å². The number of nitrogens with zero attached hydrogens (tertiary/aromatic N) is 2. The number of hydrogen-bond donors (Lipinski definition) is 1. The van der Waals surface area contributed by atoms with Crippen LogP contribution in [0.3, 0.4) is 0 Å². The van der Waals surface area contributed by atoms with Gasteiger partial charge in [0.1, 0.15) is 11.6 Å². The fourth-order valence-corrected chi connectivity index (χ4v) is 2.96. The zero-order valence-electron chi connectivity index (χ0n) is 12.7. The number of pyridine rings is 1. The Morgan fingerprint density at radius 2 is 2.10 bits per heavy atom. The lowest BCUT2D eigenvalue weighted by atomic mass is 9.94. The van der Waals surface area contributed by atoms with Gasteiger partial charge in [-0.2, -0.15) is 0 Å². The summed E-state index contributed by atoms with van der Waals surface area (Å²) in [5, 5.41) is 3.34. The lowest BCUT2D eigenvalue weighted by molar-refractivity contribution is 0.425. The molecule has 0 bridgehead atoms. The molecule has 1 N–H and O–H groups in total. The summed E-state index contributed by atoms with van der Waals surface area (Å²) in [5.41, 5.74) is 0.964. The minimum absolute atomic E-state index is 0.251. The summed E-state index contributed by atoms with van der Waals surface area (Å²) in [7, 11) is 2.10. The van der Waals surface area contributed by atoms with Gasteiger partial charge in [0, 0.05) is 25.2 Å². The van der Waals surface area contributed by atoms with Crippen molar-refractivity contribution in [1.82, 2.24) is 10.3 Å². The Balaban J connectivity index is 2.11. The van der Waals surface area contributed by atoms with Gasteiger partial charge in [-0.05, 0) is 31.9 Å². The van der Waals surface area contributed by atoms with E-state index in [-0.39, 0.29) is 5.82 Å². The first kappa shape index (κ1) is 15.2. The molecular weight excluding hydrogens is 253 g/mol. The Bertz CT molecular complexity index is 416. The number of rotatable bonds is 6. The molecule has 0 aliphatic heterocycles. The quantitative estimate of drug-likeness (QED) is 0.808. The first-order valence-corrected chi connectivity index (χ1v) is 7.80. The highest BCUT2D eigenvalue weighted by Gasteiger charge is 2.21. The molecule has 1 aliphatic carbocycles. The highest BCUT2D eigenvalue weighted by molar-refractivity contribution is 5.47. The molecule has 0 unspecified atom stereocenters. The van der Waals surface area contributed by atoms with E-state index < -0.39 is 0 Å². The molecule has 3 nitrogen and oxygen atoms in total. The van der Waals surface area contributed by atoms with Crippen LogP contribution in [0, 0.1) is 5.82 Å². The molecule has 0 atom stereocenters. The van der Waals surface area contributed by atoms with Gasteiger partial charge >= 0.3 is 0 Å². The summed E-state index contributed by atoms with van der Waals surface area (Å²) in [5.74, 6) is 0.681. The van der Waals surface area contributed by atoms with Gasteiger partial charge in [0.15, 0.2) is 0 Å². The first-order chi connectivity index (χ1) is 9.72. The van der Waals surface area contributed by atoms with Crippen LogP contribution >= 0.6 is 0 Å². The van der Waals surface area contributed by atoms with E-state index in [0.29, 0.717) is 12.6 Å². The second-order valence-corrected chi connectivity index (χ2v) is 5.72. The zero-order valence-corrected chi connectivity index (χ0v) is 12.7. The zero-order chi connectivity index (χ0) is 14.4. The van der Waals surface area contributed by atoms with Gasteiger partial charge in [0.25, 0.3) is 0 Å². The van der Waals surface area contributed by atoms with Crippen LogP contribution in [0.5, 0.6) is 0 Å². The first-order valence-electron chi connectivity index (χ1n) is 7.80. The van der Waals surface area contributed by atoms with E-state index in [1.807, 2.05) is 0 Å². The van der Waals surface area contributed by atoms with Crippen LogP contribution in [-0.4, -0.2) is 24.6 Å².